The molecule has 1 heterocycles. The average Bonchev–Trinajstić information content (AvgIpc) is 2.87. The standard InChI is InChI=1S/C27H32ClFN2O7S/c1-16(2)13-37-14-23(32)19-10-22-24(11-20(19)29)39(35,36)15-21(30-26(34)38-27(3,4)5)25(33)31(22)12-17-6-8-18(28)9-7-17/h6-11,16,21H,12-15H2,1-5H3,(H,30,34)/t21-/m0/s1. The lowest BCUT2D eigenvalue weighted by atomic mass is 10.1. The van der Waals surface area contributed by atoms with Gasteiger partial charge >= 0.3 is 6.09 Å². The smallest absolute Gasteiger partial charge is 0.408 e. The van der Waals surface area contributed by atoms with Gasteiger partial charge < -0.3 is 19.7 Å². The number of hydrogen-bond donors (Lipinski definition) is 1. The molecular formula is C27H32ClFN2O7S. The van der Waals surface area contributed by atoms with Gasteiger partial charge in [0, 0.05) is 11.6 Å². The zero-order valence-electron chi connectivity index (χ0n) is 22.4. The molecule has 0 unspecified atom stereocenters. The number of anilines is 1. The van der Waals surface area contributed by atoms with Crippen LogP contribution in [0, 0.1) is 11.7 Å². The number of nitrogens with zero attached hydrogens (tertiary/aromatic N) is 1. The molecule has 0 fully saturated rings. The quantitative estimate of drug-likeness (QED) is 0.454. The lowest BCUT2D eigenvalue weighted by molar-refractivity contribution is -0.120. The summed E-state index contributed by atoms with van der Waals surface area (Å²) in [5.74, 6) is -3.24. The molecule has 0 aromatic heterocycles. The van der Waals surface area contributed by atoms with E-state index >= 15 is 4.39 Å². The number of ether oxygens (including phenoxy) is 2. The summed E-state index contributed by atoms with van der Waals surface area (Å²) < 4.78 is 52.4. The van der Waals surface area contributed by atoms with Crippen LogP contribution in [-0.2, 0) is 30.7 Å². The molecule has 212 valence electrons. The minimum absolute atomic E-state index is 0.140. The van der Waals surface area contributed by atoms with Crippen molar-refractivity contribution >= 4 is 44.9 Å². The first-order chi connectivity index (χ1) is 18.1. The highest BCUT2D eigenvalue weighted by atomic mass is 35.5. The lowest BCUT2D eigenvalue weighted by Crippen LogP contribution is -2.51. The maximum absolute atomic E-state index is 15.1. The third-order valence-corrected chi connectivity index (χ3v) is 7.58. The van der Waals surface area contributed by atoms with E-state index in [2.05, 4.69) is 5.32 Å². The molecule has 0 spiro atoms. The normalized spacial score (nSPS) is 17.0. The van der Waals surface area contributed by atoms with E-state index in [9.17, 15) is 22.8 Å². The fourth-order valence-electron chi connectivity index (χ4n) is 3.86. The van der Waals surface area contributed by atoms with Gasteiger partial charge in [0.2, 0.25) is 0 Å². The van der Waals surface area contributed by atoms with Crippen LogP contribution in [-0.4, -0.2) is 56.8 Å². The second-order valence-electron chi connectivity index (χ2n) is 10.7. The predicted octanol–water partition coefficient (Wildman–Crippen LogP) is 4.55. The summed E-state index contributed by atoms with van der Waals surface area (Å²) in [6.45, 7) is 8.34. The zero-order valence-corrected chi connectivity index (χ0v) is 24.0. The van der Waals surface area contributed by atoms with Crippen molar-refractivity contribution in [2.45, 2.75) is 57.7 Å². The Bertz CT molecular complexity index is 1360. The number of sulfone groups is 1. The van der Waals surface area contributed by atoms with Crippen LogP contribution in [0.5, 0.6) is 0 Å². The summed E-state index contributed by atoms with van der Waals surface area (Å²) in [4.78, 5) is 39.7. The van der Waals surface area contributed by atoms with Gasteiger partial charge in [0.15, 0.2) is 15.6 Å². The maximum Gasteiger partial charge on any atom is 0.408 e. The number of alkyl carbamates (subject to hydrolysis) is 1. The van der Waals surface area contributed by atoms with Crippen LogP contribution in [0.2, 0.25) is 5.02 Å². The number of carbonyl (C=O) groups is 3. The fraction of sp³-hybridized carbons (Fsp3) is 0.444. The number of ketones is 1. The molecule has 1 atom stereocenters. The Morgan fingerprint density at radius 2 is 1.82 bits per heavy atom. The van der Waals surface area contributed by atoms with Crippen molar-refractivity contribution in [2.75, 3.05) is 23.9 Å². The number of Topliss-reactive ketones (excluding diaryl/α,β-unsaturated/α-hetero) is 1. The van der Waals surface area contributed by atoms with E-state index in [-0.39, 0.29) is 24.8 Å². The second kappa shape index (κ2) is 12.0. The van der Waals surface area contributed by atoms with Crippen molar-refractivity contribution in [3.05, 3.63) is 58.4 Å². The van der Waals surface area contributed by atoms with Crippen molar-refractivity contribution in [1.82, 2.24) is 5.32 Å². The van der Waals surface area contributed by atoms with Gasteiger partial charge in [-0.15, -0.1) is 0 Å². The Labute approximate surface area is 232 Å². The molecule has 1 aliphatic heterocycles. The SMILES string of the molecule is CC(C)COCC(=O)c1cc2c(cc1F)S(=O)(=O)C[C@H](NC(=O)OC(C)(C)C)C(=O)N2Cc1ccc(Cl)cc1. The summed E-state index contributed by atoms with van der Waals surface area (Å²) in [6, 6.07) is 6.71. The molecule has 0 saturated carbocycles. The molecule has 1 aliphatic rings. The van der Waals surface area contributed by atoms with Gasteiger partial charge in [-0.3, -0.25) is 9.59 Å². The minimum Gasteiger partial charge on any atom is -0.444 e. The molecule has 9 nitrogen and oxygen atoms in total. The summed E-state index contributed by atoms with van der Waals surface area (Å²) in [6.07, 6.45) is -0.988. The van der Waals surface area contributed by atoms with Crippen LogP contribution < -0.4 is 10.2 Å². The first kappa shape index (κ1) is 30.5. The van der Waals surface area contributed by atoms with Crippen LogP contribution in [0.3, 0.4) is 0 Å². The maximum atomic E-state index is 15.1. The second-order valence-corrected chi connectivity index (χ2v) is 13.1. The average molecular weight is 583 g/mol. The van der Waals surface area contributed by atoms with Crippen molar-refractivity contribution in [1.29, 1.82) is 0 Å². The van der Waals surface area contributed by atoms with E-state index in [1.54, 1.807) is 45.0 Å². The largest absolute Gasteiger partial charge is 0.444 e. The Morgan fingerprint density at radius 3 is 2.41 bits per heavy atom. The summed E-state index contributed by atoms with van der Waals surface area (Å²) in [5.41, 5.74) is -0.928. The first-order valence-corrected chi connectivity index (χ1v) is 14.3. The Hall–Kier alpha value is -3.02. The summed E-state index contributed by atoms with van der Waals surface area (Å²) in [7, 11) is -4.31. The number of hydrogen-bond acceptors (Lipinski definition) is 7. The van der Waals surface area contributed by atoms with E-state index in [1.807, 2.05) is 13.8 Å². The van der Waals surface area contributed by atoms with Crippen molar-refractivity contribution in [3.63, 3.8) is 0 Å². The van der Waals surface area contributed by atoms with Gasteiger partial charge in [0.05, 0.1) is 28.4 Å². The summed E-state index contributed by atoms with van der Waals surface area (Å²) in [5, 5.41) is 2.79. The number of nitrogens with one attached hydrogen (secondary N) is 1. The molecule has 1 N–H and O–H groups in total. The molecule has 0 bridgehead atoms. The topological polar surface area (TPSA) is 119 Å². The molecule has 0 saturated heterocycles. The minimum atomic E-state index is -4.31. The van der Waals surface area contributed by atoms with Crippen molar-refractivity contribution in [2.24, 2.45) is 5.92 Å². The van der Waals surface area contributed by atoms with Gasteiger partial charge in [-0.2, -0.15) is 0 Å². The highest BCUT2D eigenvalue weighted by molar-refractivity contribution is 7.91. The number of carbonyl (C=O) groups excluding carboxylic acids is 3. The third-order valence-electron chi connectivity index (χ3n) is 5.55. The fourth-order valence-corrected chi connectivity index (χ4v) is 5.60. The van der Waals surface area contributed by atoms with E-state index in [0.717, 1.165) is 17.0 Å². The molecule has 2 amide bonds. The Morgan fingerprint density at radius 1 is 1.18 bits per heavy atom. The molecule has 2 aromatic carbocycles. The monoisotopic (exact) mass is 582 g/mol. The number of fused-ring (bicyclic) bond motifs is 1. The Kier molecular flexibility index (Phi) is 9.40. The van der Waals surface area contributed by atoms with Gasteiger partial charge in [0.25, 0.3) is 5.91 Å². The van der Waals surface area contributed by atoms with Crippen LogP contribution >= 0.6 is 11.6 Å². The lowest BCUT2D eigenvalue weighted by Gasteiger charge is -2.27. The van der Waals surface area contributed by atoms with Crippen LogP contribution in [0.4, 0.5) is 14.9 Å². The zero-order chi connectivity index (χ0) is 29.1. The van der Waals surface area contributed by atoms with Crippen molar-refractivity contribution in [3.8, 4) is 0 Å². The van der Waals surface area contributed by atoms with Crippen molar-refractivity contribution < 1.29 is 36.7 Å². The Balaban J connectivity index is 2.09. The number of rotatable bonds is 8. The number of benzene rings is 2. The third kappa shape index (κ3) is 8.00. The molecule has 39 heavy (non-hydrogen) atoms. The van der Waals surface area contributed by atoms with Gasteiger partial charge in [0.1, 0.15) is 24.1 Å². The highest BCUT2D eigenvalue weighted by Gasteiger charge is 2.40. The molecule has 12 heteroatoms. The first-order valence-electron chi connectivity index (χ1n) is 12.3. The van der Waals surface area contributed by atoms with E-state index in [0.29, 0.717) is 10.6 Å². The van der Waals surface area contributed by atoms with E-state index < -0.39 is 67.9 Å². The van der Waals surface area contributed by atoms with E-state index in [1.165, 1.54) is 0 Å². The number of amides is 2. The summed E-state index contributed by atoms with van der Waals surface area (Å²) >= 11 is 5.98. The molecule has 2 aromatic rings. The molecule has 0 radical (unpaired) electrons. The van der Waals surface area contributed by atoms with Gasteiger partial charge in [-0.05, 0) is 56.5 Å². The number of halogens is 2. The van der Waals surface area contributed by atoms with Gasteiger partial charge in [-0.25, -0.2) is 17.6 Å². The van der Waals surface area contributed by atoms with Gasteiger partial charge in [-0.1, -0.05) is 37.6 Å². The van der Waals surface area contributed by atoms with Crippen LogP contribution in [0.25, 0.3) is 0 Å². The van der Waals surface area contributed by atoms with E-state index in [4.69, 9.17) is 21.1 Å². The van der Waals surface area contributed by atoms with Crippen LogP contribution in [0.1, 0.15) is 50.5 Å². The highest BCUT2D eigenvalue weighted by Crippen LogP contribution is 2.34. The molecular weight excluding hydrogens is 551 g/mol. The molecule has 3 rings (SSSR count). The predicted molar refractivity (Wildman–Crippen MR) is 144 cm³/mol. The van der Waals surface area contributed by atoms with Crippen LogP contribution in [0.15, 0.2) is 41.3 Å². The molecule has 0 aliphatic carbocycles.